The van der Waals surface area contributed by atoms with Gasteiger partial charge in [0.15, 0.2) is 0 Å². The number of rotatable bonds is 6. The fourth-order valence-corrected chi connectivity index (χ4v) is 3.12. The molecule has 2 heterocycles. The molecule has 1 radical (unpaired) electrons. The summed E-state index contributed by atoms with van der Waals surface area (Å²) in [7, 11) is 1.98. The smallest absolute Gasteiger partial charge is 0.253 e. The van der Waals surface area contributed by atoms with Crippen molar-refractivity contribution in [1.82, 2.24) is 14.8 Å². The van der Waals surface area contributed by atoms with Gasteiger partial charge < -0.3 is 14.8 Å². The minimum Gasteiger partial charge on any atom is -0.352 e. The first-order chi connectivity index (χ1) is 10.8. The highest BCUT2D eigenvalue weighted by Crippen LogP contribution is 2.20. The van der Waals surface area contributed by atoms with E-state index in [-0.39, 0.29) is 5.91 Å². The molecule has 0 atom stereocenters. The molecule has 1 aliphatic rings. The highest BCUT2D eigenvalue weighted by molar-refractivity contribution is 6.06. The Labute approximate surface area is 132 Å². The molecule has 1 aliphatic heterocycles. The number of para-hydroxylation sites is 1. The Morgan fingerprint density at radius 1 is 1.27 bits per heavy atom. The maximum absolute atomic E-state index is 12.4. The van der Waals surface area contributed by atoms with Crippen LogP contribution in [0.3, 0.4) is 0 Å². The number of carbonyl (C=O) groups excluding carboxylic acids is 1. The van der Waals surface area contributed by atoms with E-state index in [1.807, 2.05) is 42.1 Å². The highest BCUT2D eigenvalue weighted by Gasteiger charge is 2.13. The SMILES string of the molecule is Cn1cc(C(=O)NCCCCN2C[CH]CC2)c2ccccc21. The maximum Gasteiger partial charge on any atom is 0.253 e. The van der Waals surface area contributed by atoms with Gasteiger partial charge in [-0.15, -0.1) is 0 Å². The average Bonchev–Trinajstić information content (AvgIpc) is 3.15. The van der Waals surface area contributed by atoms with E-state index in [2.05, 4.69) is 16.6 Å². The molecule has 0 spiro atoms. The number of hydrogen-bond acceptors (Lipinski definition) is 2. The van der Waals surface area contributed by atoms with Crippen LogP contribution in [0.4, 0.5) is 0 Å². The highest BCUT2D eigenvalue weighted by atomic mass is 16.1. The minimum atomic E-state index is 0.0336. The molecule has 2 aromatic rings. The van der Waals surface area contributed by atoms with Gasteiger partial charge >= 0.3 is 0 Å². The second kappa shape index (κ2) is 6.97. The summed E-state index contributed by atoms with van der Waals surface area (Å²) in [4.78, 5) is 14.8. The zero-order chi connectivity index (χ0) is 15.4. The number of aryl methyl sites for hydroxylation is 1. The molecule has 1 amide bonds. The lowest BCUT2D eigenvalue weighted by Crippen LogP contribution is -2.26. The molecule has 0 aliphatic carbocycles. The third-order valence-corrected chi connectivity index (χ3v) is 4.37. The number of amides is 1. The Kier molecular flexibility index (Phi) is 4.78. The number of fused-ring (bicyclic) bond motifs is 1. The Hall–Kier alpha value is -1.81. The van der Waals surface area contributed by atoms with Gasteiger partial charge in [-0.1, -0.05) is 18.2 Å². The van der Waals surface area contributed by atoms with Crippen molar-refractivity contribution in [2.45, 2.75) is 19.3 Å². The number of unbranched alkanes of at least 4 members (excludes halogenated alkanes) is 1. The molecule has 4 heteroatoms. The number of benzene rings is 1. The van der Waals surface area contributed by atoms with Gasteiger partial charge in [0.05, 0.1) is 5.56 Å². The first-order valence-electron chi connectivity index (χ1n) is 8.12. The van der Waals surface area contributed by atoms with Gasteiger partial charge in [-0.25, -0.2) is 0 Å². The van der Waals surface area contributed by atoms with Crippen LogP contribution in [0.1, 0.15) is 29.6 Å². The van der Waals surface area contributed by atoms with E-state index in [0.29, 0.717) is 0 Å². The van der Waals surface area contributed by atoms with Crippen molar-refractivity contribution in [2.24, 2.45) is 7.05 Å². The number of aromatic nitrogens is 1. The number of likely N-dealkylation sites (tertiary alicyclic amines) is 1. The summed E-state index contributed by atoms with van der Waals surface area (Å²) >= 11 is 0. The third-order valence-electron chi connectivity index (χ3n) is 4.37. The number of hydrogen-bond donors (Lipinski definition) is 1. The van der Waals surface area contributed by atoms with Crippen LogP contribution in [0.5, 0.6) is 0 Å². The predicted molar refractivity (Wildman–Crippen MR) is 89.8 cm³/mol. The van der Waals surface area contributed by atoms with E-state index in [0.717, 1.165) is 48.9 Å². The number of nitrogens with zero attached hydrogens (tertiary/aromatic N) is 2. The molecule has 1 aromatic carbocycles. The molecule has 117 valence electrons. The van der Waals surface area contributed by atoms with Crippen LogP contribution in [-0.4, -0.2) is 41.6 Å². The lowest BCUT2D eigenvalue weighted by Gasteiger charge is -2.13. The first-order valence-corrected chi connectivity index (χ1v) is 8.12. The van der Waals surface area contributed by atoms with Gasteiger partial charge in [0.2, 0.25) is 0 Å². The second-order valence-corrected chi connectivity index (χ2v) is 6.01. The molecule has 1 aromatic heterocycles. The molecular formula is C18H24N3O. The van der Waals surface area contributed by atoms with Gasteiger partial charge in [-0.05, 0) is 44.8 Å². The molecule has 1 N–H and O–H groups in total. The van der Waals surface area contributed by atoms with Crippen molar-refractivity contribution < 1.29 is 4.79 Å². The van der Waals surface area contributed by atoms with Gasteiger partial charge in [0.25, 0.3) is 5.91 Å². The standard InChI is InChI=1S/C18H24N3O/c1-20-14-16(15-8-2-3-9-17(15)20)18(22)19-10-4-5-11-21-12-6-7-13-21/h2-3,6,8-9,14H,4-5,7,10-13H2,1H3,(H,19,22). The Morgan fingerprint density at radius 2 is 2.14 bits per heavy atom. The van der Waals surface area contributed by atoms with Crippen LogP contribution in [0, 0.1) is 6.42 Å². The van der Waals surface area contributed by atoms with Gasteiger partial charge in [0, 0.05) is 37.2 Å². The van der Waals surface area contributed by atoms with Crippen LogP contribution in [0.2, 0.25) is 0 Å². The van der Waals surface area contributed by atoms with Crippen molar-refractivity contribution in [2.75, 3.05) is 26.2 Å². The molecule has 0 saturated carbocycles. The predicted octanol–water partition coefficient (Wildman–Crippen LogP) is 2.60. The largest absolute Gasteiger partial charge is 0.352 e. The monoisotopic (exact) mass is 298 g/mol. The topological polar surface area (TPSA) is 37.3 Å². The van der Waals surface area contributed by atoms with Crippen LogP contribution in [0.15, 0.2) is 30.5 Å². The quantitative estimate of drug-likeness (QED) is 0.832. The summed E-state index contributed by atoms with van der Waals surface area (Å²) in [5, 5.41) is 4.07. The minimum absolute atomic E-state index is 0.0336. The summed E-state index contributed by atoms with van der Waals surface area (Å²) in [5.74, 6) is 0.0336. The molecule has 1 saturated heterocycles. The first kappa shape index (κ1) is 15.1. The van der Waals surface area contributed by atoms with E-state index in [9.17, 15) is 4.79 Å². The average molecular weight is 298 g/mol. The maximum atomic E-state index is 12.4. The summed E-state index contributed by atoms with van der Waals surface area (Å²) in [6, 6.07) is 8.03. The fraction of sp³-hybridized carbons (Fsp3) is 0.444. The normalized spacial score (nSPS) is 15.5. The van der Waals surface area contributed by atoms with E-state index in [1.54, 1.807) is 0 Å². The van der Waals surface area contributed by atoms with Crippen molar-refractivity contribution >= 4 is 16.8 Å². The second-order valence-electron chi connectivity index (χ2n) is 6.01. The molecule has 0 bridgehead atoms. The third kappa shape index (κ3) is 3.33. The molecule has 3 rings (SSSR count). The lowest BCUT2D eigenvalue weighted by molar-refractivity contribution is 0.0954. The van der Waals surface area contributed by atoms with Crippen molar-refractivity contribution in [3.63, 3.8) is 0 Å². The summed E-state index contributed by atoms with van der Waals surface area (Å²) in [5.41, 5.74) is 1.87. The zero-order valence-electron chi connectivity index (χ0n) is 13.2. The van der Waals surface area contributed by atoms with Crippen LogP contribution in [-0.2, 0) is 7.05 Å². The Morgan fingerprint density at radius 3 is 2.95 bits per heavy atom. The van der Waals surface area contributed by atoms with Crippen molar-refractivity contribution in [3.05, 3.63) is 42.4 Å². The summed E-state index contributed by atoms with van der Waals surface area (Å²) in [6.45, 7) is 4.21. The van der Waals surface area contributed by atoms with Gasteiger partial charge in [-0.2, -0.15) is 0 Å². The summed E-state index contributed by atoms with van der Waals surface area (Å²) in [6.07, 6.45) is 7.65. The number of nitrogens with one attached hydrogen (secondary N) is 1. The van der Waals surface area contributed by atoms with Crippen LogP contribution in [0.25, 0.3) is 10.9 Å². The zero-order valence-corrected chi connectivity index (χ0v) is 13.2. The Bertz CT molecular complexity index is 641. The van der Waals surface area contributed by atoms with E-state index in [4.69, 9.17) is 0 Å². The Balaban J connectivity index is 1.49. The van der Waals surface area contributed by atoms with Crippen molar-refractivity contribution in [3.8, 4) is 0 Å². The van der Waals surface area contributed by atoms with Gasteiger partial charge in [0.1, 0.15) is 0 Å². The van der Waals surface area contributed by atoms with Gasteiger partial charge in [-0.3, -0.25) is 4.79 Å². The van der Waals surface area contributed by atoms with E-state index >= 15 is 0 Å². The fourth-order valence-electron chi connectivity index (χ4n) is 3.12. The van der Waals surface area contributed by atoms with Crippen LogP contribution >= 0.6 is 0 Å². The molecular weight excluding hydrogens is 274 g/mol. The lowest BCUT2D eigenvalue weighted by atomic mass is 10.1. The molecule has 4 nitrogen and oxygen atoms in total. The van der Waals surface area contributed by atoms with E-state index in [1.165, 1.54) is 13.0 Å². The number of carbonyl (C=O) groups is 1. The molecule has 1 fully saturated rings. The summed E-state index contributed by atoms with van der Waals surface area (Å²) < 4.78 is 2.01. The van der Waals surface area contributed by atoms with Crippen LogP contribution < -0.4 is 5.32 Å². The van der Waals surface area contributed by atoms with Crippen molar-refractivity contribution in [1.29, 1.82) is 0 Å². The molecule has 22 heavy (non-hydrogen) atoms. The van der Waals surface area contributed by atoms with E-state index < -0.39 is 0 Å². The molecule has 0 unspecified atom stereocenters.